The first-order chi connectivity index (χ1) is 22.5. The molecule has 3 rings (SSSR count). The average molecular weight is 691 g/mol. The molecule has 2 atom stereocenters. The Morgan fingerprint density at radius 2 is 1.51 bits per heavy atom. The minimum Gasteiger partial charge on any atom is -0.444 e. The zero-order chi connectivity index (χ0) is 36.8. The van der Waals surface area contributed by atoms with Gasteiger partial charge in [0.05, 0.1) is 25.8 Å². The van der Waals surface area contributed by atoms with Gasteiger partial charge in [-0.25, -0.2) is 19.4 Å². The third-order valence-electron chi connectivity index (χ3n) is 7.09. The zero-order valence-corrected chi connectivity index (χ0v) is 30.4. The summed E-state index contributed by atoms with van der Waals surface area (Å²) in [5.74, 6) is -3.29. The van der Waals surface area contributed by atoms with Gasteiger partial charge in [0, 0.05) is 30.3 Å². The highest BCUT2D eigenvalue weighted by Crippen LogP contribution is 2.30. The summed E-state index contributed by atoms with van der Waals surface area (Å²) in [7, 11) is 0. The first kappa shape index (κ1) is 39.4. The summed E-state index contributed by atoms with van der Waals surface area (Å²) in [6.45, 7) is 16.8. The number of pyridine rings is 1. The average Bonchev–Trinajstić information content (AvgIpc) is 3.32. The van der Waals surface area contributed by atoms with Gasteiger partial charge in [-0.05, 0) is 93.4 Å². The molecule has 13 heteroatoms. The van der Waals surface area contributed by atoms with Crippen molar-refractivity contribution in [2.45, 2.75) is 104 Å². The molecule has 0 spiro atoms. The molecule has 3 amide bonds. The highest BCUT2D eigenvalue weighted by molar-refractivity contribution is 5.83. The lowest BCUT2D eigenvalue weighted by Gasteiger charge is -2.31. The van der Waals surface area contributed by atoms with Crippen LogP contribution in [0.1, 0.15) is 79.1 Å². The molecular weight excluding hydrogens is 638 g/mol. The second kappa shape index (κ2) is 15.7. The van der Waals surface area contributed by atoms with E-state index in [1.165, 1.54) is 24.3 Å². The number of nitrogens with one attached hydrogen (secondary N) is 1. The molecule has 2 aromatic rings. The Balaban J connectivity index is 1.80. The summed E-state index contributed by atoms with van der Waals surface area (Å²) in [5, 5.41) is 2.67. The number of alkyl halides is 2. The summed E-state index contributed by atoms with van der Waals surface area (Å²) >= 11 is 0. The highest BCUT2D eigenvalue weighted by atomic mass is 19.3. The SMILES string of the molecule is Cc1cc(C[C@@H]2CN(C(=O)OC(C)(C)C)C[C@@H]2OCCN(CC(F)(F)c2ccccc2)C(=O)OC(C)(C)C)nc(NC(=O)OC(C)(C)C)c1. The van der Waals surface area contributed by atoms with E-state index in [9.17, 15) is 14.4 Å². The summed E-state index contributed by atoms with van der Waals surface area (Å²) < 4.78 is 53.4. The molecule has 1 saturated heterocycles. The Hall–Kier alpha value is -4.00. The molecule has 1 fully saturated rings. The number of carbonyl (C=O) groups excluding carboxylic acids is 3. The van der Waals surface area contributed by atoms with E-state index < -0.39 is 53.7 Å². The maximum atomic E-state index is 15.3. The summed E-state index contributed by atoms with van der Waals surface area (Å²) in [6, 6.07) is 10.9. The molecule has 11 nitrogen and oxygen atoms in total. The van der Waals surface area contributed by atoms with E-state index >= 15 is 8.78 Å². The summed E-state index contributed by atoms with van der Waals surface area (Å²) in [6.07, 6.45) is -2.20. The van der Waals surface area contributed by atoms with Crippen LogP contribution >= 0.6 is 0 Å². The number of rotatable bonds is 10. The standard InChI is InChI=1S/C36H52F2N4O7/c1-24-18-27(39-29(19-24)40-30(43)47-33(2,3)4)20-25-21-42(32(45)49-35(8,9)10)22-28(25)46-17-16-41(31(44)48-34(5,6)7)23-36(37,38)26-14-12-11-13-15-26/h11-15,18-19,25,28H,16-17,20-23H2,1-10H3,(H,39,40,43)/t25-,28+/m1/s1. The van der Waals surface area contributed by atoms with Crippen molar-refractivity contribution in [2.75, 3.05) is 38.1 Å². The number of halogens is 2. The number of hydrogen-bond acceptors (Lipinski definition) is 8. The second-order valence-corrected chi connectivity index (χ2v) is 15.4. The van der Waals surface area contributed by atoms with Gasteiger partial charge in [0.1, 0.15) is 22.6 Å². The van der Waals surface area contributed by atoms with Gasteiger partial charge in [0.25, 0.3) is 5.92 Å². The smallest absolute Gasteiger partial charge is 0.413 e. The van der Waals surface area contributed by atoms with Crippen LogP contribution in [-0.2, 0) is 31.3 Å². The van der Waals surface area contributed by atoms with E-state index in [-0.39, 0.29) is 37.7 Å². The second-order valence-electron chi connectivity index (χ2n) is 15.4. The van der Waals surface area contributed by atoms with Crippen molar-refractivity contribution in [1.82, 2.24) is 14.8 Å². The molecule has 2 heterocycles. The molecule has 1 aromatic heterocycles. The van der Waals surface area contributed by atoms with Crippen molar-refractivity contribution in [3.05, 3.63) is 59.3 Å². The lowest BCUT2D eigenvalue weighted by Crippen LogP contribution is -2.44. The van der Waals surface area contributed by atoms with Crippen molar-refractivity contribution >= 4 is 24.1 Å². The van der Waals surface area contributed by atoms with Crippen LogP contribution in [0.5, 0.6) is 0 Å². The van der Waals surface area contributed by atoms with Crippen molar-refractivity contribution in [3.8, 4) is 0 Å². The molecular formula is C36H52F2N4O7. The van der Waals surface area contributed by atoms with Crippen LogP contribution in [0, 0.1) is 12.8 Å². The maximum Gasteiger partial charge on any atom is 0.413 e. The molecule has 272 valence electrons. The number of aromatic nitrogens is 1. The third kappa shape index (κ3) is 13.4. The quantitative estimate of drug-likeness (QED) is 0.254. The first-order valence-corrected chi connectivity index (χ1v) is 16.5. The van der Waals surface area contributed by atoms with Crippen molar-refractivity contribution < 1.29 is 42.1 Å². The number of benzene rings is 1. The fourth-order valence-corrected chi connectivity index (χ4v) is 5.18. The fourth-order valence-electron chi connectivity index (χ4n) is 5.18. The van der Waals surface area contributed by atoms with Gasteiger partial charge >= 0.3 is 18.3 Å². The molecule has 0 aliphatic carbocycles. The van der Waals surface area contributed by atoms with Crippen molar-refractivity contribution in [1.29, 1.82) is 0 Å². The van der Waals surface area contributed by atoms with Crippen molar-refractivity contribution in [2.24, 2.45) is 5.92 Å². The lowest BCUT2D eigenvalue weighted by molar-refractivity contribution is -0.0559. The van der Waals surface area contributed by atoms with E-state index in [4.69, 9.17) is 18.9 Å². The number of likely N-dealkylation sites (tertiary alicyclic amines) is 1. The molecule has 1 aliphatic heterocycles. The number of ether oxygens (including phenoxy) is 4. The van der Waals surface area contributed by atoms with E-state index in [0.29, 0.717) is 17.9 Å². The molecule has 0 saturated carbocycles. The Bertz CT molecular complexity index is 1440. The van der Waals surface area contributed by atoms with Gasteiger partial charge in [0.2, 0.25) is 0 Å². The molecule has 0 unspecified atom stereocenters. The summed E-state index contributed by atoms with van der Waals surface area (Å²) in [4.78, 5) is 45.7. The molecule has 49 heavy (non-hydrogen) atoms. The predicted molar refractivity (Wildman–Crippen MR) is 182 cm³/mol. The molecule has 1 N–H and O–H groups in total. The van der Waals surface area contributed by atoms with Crippen LogP contribution in [-0.4, -0.2) is 88.8 Å². The minimum absolute atomic E-state index is 0.0971. The van der Waals surface area contributed by atoms with E-state index in [2.05, 4.69) is 10.3 Å². The summed E-state index contributed by atoms with van der Waals surface area (Å²) in [5.41, 5.74) is -1.03. The number of amides is 3. The molecule has 0 bridgehead atoms. The Morgan fingerprint density at radius 3 is 2.10 bits per heavy atom. The van der Waals surface area contributed by atoms with Gasteiger partial charge in [0.15, 0.2) is 0 Å². The van der Waals surface area contributed by atoms with Crippen LogP contribution in [0.25, 0.3) is 0 Å². The Labute approximate surface area is 288 Å². The number of carbonyl (C=O) groups is 3. The Morgan fingerprint density at radius 1 is 0.898 bits per heavy atom. The van der Waals surface area contributed by atoms with Crippen molar-refractivity contribution in [3.63, 3.8) is 0 Å². The van der Waals surface area contributed by atoms with Crippen LogP contribution in [0.2, 0.25) is 0 Å². The van der Waals surface area contributed by atoms with Crippen LogP contribution < -0.4 is 5.32 Å². The fraction of sp³-hybridized carbons (Fsp3) is 0.611. The van der Waals surface area contributed by atoms with Crippen LogP contribution in [0.4, 0.5) is 29.0 Å². The normalized spacial score (nSPS) is 17.0. The zero-order valence-electron chi connectivity index (χ0n) is 30.4. The van der Waals surface area contributed by atoms with E-state index in [1.54, 1.807) is 79.3 Å². The minimum atomic E-state index is -3.34. The van der Waals surface area contributed by atoms with E-state index in [1.807, 2.05) is 13.0 Å². The highest BCUT2D eigenvalue weighted by Gasteiger charge is 2.40. The number of hydrogen-bond donors (Lipinski definition) is 1. The predicted octanol–water partition coefficient (Wildman–Crippen LogP) is 7.56. The monoisotopic (exact) mass is 690 g/mol. The van der Waals surface area contributed by atoms with E-state index in [0.717, 1.165) is 10.5 Å². The number of nitrogens with zero attached hydrogens (tertiary/aromatic N) is 3. The van der Waals surface area contributed by atoms with Gasteiger partial charge in [-0.1, -0.05) is 30.3 Å². The third-order valence-corrected chi connectivity index (χ3v) is 7.09. The first-order valence-electron chi connectivity index (χ1n) is 16.5. The maximum absolute atomic E-state index is 15.3. The Kier molecular flexibility index (Phi) is 12.6. The van der Waals surface area contributed by atoms with Gasteiger partial charge in [-0.3, -0.25) is 10.2 Å². The lowest BCUT2D eigenvalue weighted by atomic mass is 9.99. The van der Waals surface area contributed by atoms with Crippen LogP contribution in [0.3, 0.4) is 0 Å². The van der Waals surface area contributed by atoms with Gasteiger partial charge in [-0.2, -0.15) is 8.78 Å². The molecule has 1 aromatic carbocycles. The topological polar surface area (TPSA) is 120 Å². The van der Waals surface area contributed by atoms with Gasteiger partial charge in [-0.15, -0.1) is 0 Å². The number of anilines is 1. The largest absolute Gasteiger partial charge is 0.444 e. The molecule has 1 aliphatic rings. The van der Waals surface area contributed by atoms with Gasteiger partial charge < -0.3 is 23.8 Å². The van der Waals surface area contributed by atoms with Crippen LogP contribution in [0.15, 0.2) is 42.5 Å². The molecule has 0 radical (unpaired) electrons. The number of aryl methyl sites for hydroxylation is 1.